The van der Waals surface area contributed by atoms with Crippen molar-refractivity contribution in [3.63, 3.8) is 0 Å². The van der Waals surface area contributed by atoms with Crippen molar-refractivity contribution in [2.24, 2.45) is 34.0 Å². The van der Waals surface area contributed by atoms with Gasteiger partial charge in [-0.1, -0.05) is 118 Å². The van der Waals surface area contributed by atoms with E-state index in [0.29, 0.717) is 15.1 Å². The number of carbonyl (C=O) groups excluding carboxylic acids is 3. The Hall–Kier alpha value is -6.15. The number of H-pyrrole nitrogens is 3. The van der Waals surface area contributed by atoms with Crippen LogP contribution >= 0.6 is 94.2 Å². The van der Waals surface area contributed by atoms with E-state index in [2.05, 4.69) is 15.0 Å². The number of benzene rings is 3. The highest BCUT2D eigenvalue weighted by Gasteiger charge is 2.57. The van der Waals surface area contributed by atoms with Crippen molar-refractivity contribution in [3.05, 3.63) is 170 Å². The second kappa shape index (κ2) is 40.2. The molecule has 648 valence electrons. The highest BCUT2D eigenvalue weighted by atomic mass is 35.5. The van der Waals surface area contributed by atoms with Crippen LogP contribution in [0.2, 0.25) is 15.1 Å². The van der Waals surface area contributed by atoms with Crippen LogP contribution in [0.15, 0.2) is 124 Å². The summed E-state index contributed by atoms with van der Waals surface area (Å²) >= 11 is 33.3. The van der Waals surface area contributed by atoms with Crippen LogP contribution in [0.25, 0.3) is 0 Å². The van der Waals surface area contributed by atoms with E-state index in [1.54, 1.807) is 57.2 Å². The van der Waals surface area contributed by atoms with Gasteiger partial charge < -0.3 is 72.6 Å². The first-order valence-corrected chi connectivity index (χ1v) is 44.2. The Balaban J connectivity index is 0.000000242. The number of aliphatic hydroxyl groups excluding tert-OH is 3. The fraction of sp³-hybridized carbons (Fsp3) is 0.560. The number of hydrogen-bond acceptors (Lipinski definition) is 30. The van der Waals surface area contributed by atoms with Crippen molar-refractivity contribution in [3.8, 4) is 17.2 Å². The topological polar surface area (TPSA) is 448 Å². The standard InChI is InChI=1S/3C25H34ClN2O9PS/c3*1-15(21(31)34-14-24(2,3)4)13-38(33,37-17-8-6-16(26)7-9-17)35-12-18-20(30)25(5,32)22(36-18)28-11-10-19(29)27-23(28)39/h3*6-11,15,18,20,22,30,32H,12-14H2,1-5H3,(H,27,29,39)/t15-,18-,20+,22-,25?,38?;15-,18-,20+,22-,25?,38+;15-,18-,20+,22-,25?,38-/m111/s1. The second-order valence-corrected chi connectivity index (χ2v) is 41.3. The molecule has 6 aromatic rings. The van der Waals surface area contributed by atoms with Crippen molar-refractivity contribution in [2.45, 2.75) is 176 Å². The molecule has 3 saturated heterocycles. The van der Waals surface area contributed by atoms with Crippen LogP contribution in [-0.2, 0) is 70.1 Å². The molecule has 3 aromatic carbocycles. The van der Waals surface area contributed by atoms with E-state index in [1.807, 2.05) is 62.3 Å². The maximum atomic E-state index is 13.9. The van der Waals surface area contributed by atoms with Gasteiger partial charge in [0.05, 0.1) is 75.9 Å². The van der Waals surface area contributed by atoms with Crippen LogP contribution in [0.5, 0.6) is 17.2 Å². The summed E-state index contributed by atoms with van der Waals surface area (Å²) in [5.41, 5.74) is -7.64. The minimum atomic E-state index is -4.05. The average molecular weight is 1820 g/mol. The Labute approximate surface area is 706 Å². The van der Waals surface area contributed by atoms with Gasteiger partial charge in [0, 0.05) is 51.9 Å². The fourth-order valence-corrected chi connectivity index (χ4v) is 18.1. The summed E-state index contributed by atoms with van der Waals surface area (Å²) in [4.78, 5) is 79.8. The molecule has 3 fully saturated rings. The molecule has 0 spiro atoms. The van der Waals surface area contributed by atoms with Crippen molar-refractivity contribution in [1.82, 2.24) is 28.7 Å². The summed E-state index contributed by atoms with van der Waals surface area (Å²) in [6.45, 7) is 25.0. The summed E-state index contributed by atoms with van der Waals surface area (Å²) in [5, 5.41) is 66.8. The van der Waals surface area contributed by atoms with Gasteiger partial charge >= 0.3 is 40.7 Å². The van der Waals surface area contributed by atoms with Gasteiger partial charge in [-0.25, -0.2) is 13.7 Å². The number of rotatable bonds is 30. The third kappa shape index (κ3) is 28.2. The quantitative estimate of drug-likeness (QED) is 0.00875. The van der Waals surface area contributed by atoms with Crippen LogP contribution in [0.4, 0.5) is 0 Å². The van der Waals surface area contributed by atoms with Gasteiger partial charge in [0.15, 0.2) is 33.0 Å². The lowest BCUT2D eigenvalue weighted by Crippen LogP contribution is -2.44. The summed E-state index contributed by atoms with van der Waals surface area (Å²) in [7, 11) is -12.2. The van der Waals surface area contributed by atoms with E-state index in [1.165, 1.54) is 108 Å². The molecule has 18 atom stereocenters. The molecule has 42 heteroatoms. The lowest BCUT2D eigenvalue weighted by molar-refractivity contribution is -0.150. The first-order valence-electron chi connectivity index (χ1n) is 36.7. The zero-order valence-corrected chi connectivity index (χ0v) is 74.4. The monoisotopic (exact) mass is 1810 g/mol. The highest BCUT2D eigenvalue weighted by Crippen LogP contribution is 2.55. The molecular formula is C75H102Cl3N6O27P3S3. The van der Waals surface area contributed by atoms with Crippen LogP contribution in [0, 0.1) is 48.3 Å². The average Bonchev–Trinajstić information content (AvgIpc) is 1.63. The molecule has 117 heavy (non-hydrogen) atoms. The fourth-order valence-electron chi connectivity index (χ4n) is 11.4. The van der Waals surface area contributed by atoms with Crippen LogP contribution in [-0.4, -0.2) is 189 Å². The number of hydrogen-bond donors (Lipinski definition) is 9. The maximum Gasteiger partial charge on any atom is 0.380 e. The van der Waals surface area contributed by atoms with E-state index in [9.17, 15) is 73.1 Å². The number of nitrogens with one attached hydrogen (secondary N) is 3. The van der Waals surface area contributed by atoms with Crippen molar-refractivity contribution >= 4 is 112 Å². The zero-order chi connectivity index (χ0) is 87.5. The van der Waals surface area contributed by atoms with Gasteiger partial charge in [0.25, 0.3) is 16.7 Å². The van der Waals surface area contributed by atoms with Crippen LogP contribution < -0.4 is 30.2 Å². The molecule has 0 bridgehead atoms. The Morgan fingerprint density at radius 2 is 0.650 bits per heavy atom. The van der Waals surface area contributed by atoms with Gasteiger partial charge in [0.1, 0.15) is 70.7 Å². The van der Waals surface area contributed by atoms with E-state index in [4.69, 9.17) is 127 Å². The summed E-state index contributed by atoms with van der Waals surface area (Å²) in [6.07, 6.45) is -8.52. The smallest absolute Gasteiger partial charge is 0.380 e. The van der Waals surface area contributed by atoms with Crippen molar-refractivity contribution in [2.75, 3.05) is 58.1 Å². The maximum absolute atomic E-state index is 13.9. The second-order valence-electron chi connectivity index (χ2n) is 32.8. The van der Waals surface area contributed by atoms with Gasteiger partial charge in [-0.05, 0) is 146 Å². The molecule has 6 heterocycles. The van der Waals surface area contributed by atoms with Gasteiger partial charge in [-0.3, -0.25) is 71.0 Å². The van der Waals surface area contributed by atoms with Gasteiger partial charge in [-0.2, -0.15) is 0 Å². The predicted octanol–water partition coefficient (Wildman–Crippen LogP) is 12.2. The molecule has 9 rings (SSSR count). The van der Waals surface area contributed by atoms with Crippen molar-refractivity contribution < 1.29 is 114 Å². The van der Waals surface area contributed by atoms with E-state index in [-0.39, 0.29) is 86.1 Å². The minimum Gasteiger partial charge on any atom is -0.465 e. The third-order valence-electron chi connectivity index (χ3n) is 17.7. The van der Waals surface area contributed by atoms with Crippen LogP contribution in [0.1, 0.15) is 123 Å². The van der Waals surface area contributed by atoms with Gasteiger partial charge in [-0.15, -0.1) is 0 Å². The summed E-state index contributed by atoms with van der Waals surface area (Å²) in [5.74, 6) is -3.69. The largest absolute Gasteiger partial charge is 0.465 e. The molecular weight excluding hydrogens is 1710 g/mol. The molecule has 4 unspecified atom stereocenters. The normalized spacial score (nSPS) is 25.6. The van der Waals surface area contributed by atoms with E-state index >= 15 is 0 Å². The molecule has 3 aromatic heterocycles. The number of aromatic amines is 3. The lowest BCUT2D eigenvalue weighted by Gasteiger charge is -2.28. The molecule has 0 saturated carbocycles. The number of aliphatic hydroxyl groups is 6. The molecule has 3 aliphatic heterocycles. The molecule has 9 N–H and O–H groups in total. The number of carbonyl (C=O) groups is 3. The van der Waals surface area contributed by atoms with E-state index in [0.717, 1.165) is 0 Å². The van der Waals surface area contributed by atoms with Crippen molar-refractivity contribution in [1.29, 1.82) is 0 Å². The Morgan fingerprint density at radius 1 is 0.436 bits per heavy atom. The van der Waals surface area contributed by atoms with Crippen LogP contribution in [0.3, 0.4) is 0 Å². The highest BCUT2D eigenvalue weighted by molar-refractivity contribution is 7.71. The van der Waals surface area contributed by atoms with E-state index < -0.39 is 167 Å². The molecule has 0 amide bonds. The predicted molar refractivity (Wildman–Crippen MR) is 440 cm³/mol. The third-order valence-corrected chi connectivity index (χ3v) is 25.5. The number of halogens is 3. The zero-order valence-electron chi connectivity index (χ0n) is 67.0. The first kappa shape index (κ1) is 98.0. The minimum absolute atomic E-state index is 0.0270. The number of esters is 3. The number of ether oxygens (including phenoxy) is 6. The summed E-state index contributed by atoms with van der Waals surface area (Å²) in [6, 6.07) is 21.8. The SMILES string of the molecule is C[C@H](CP(=O)(OC[C@H]1O[C@@H](n2ccc(=O)[nH]c2=S)C(C)(O)[C@H]1O)Oc1ccc(Cl)cc1)C(=O)OCC(C)(C)C.C[C@H](C[P@@](=O)(OC[C@H]1O[C@@H](n2ccc(=O)[nH]c2=S)C(C)(O)[C@H]1O)Oc1ccc(Cl)cc1)C(=O)OCC(C)(C)C.C[C@H](C[P@](=O)(OC[C@H]1O[C@@H](n2ccc(=O)[nH]c2=S)C(C)(O)[C@H]1O)Oc1ccc(Cl)cc1)C(=O)OCC(C)(C)C. The molecule has 0 radical (unpaired) electrons. The number of aromatic nitrogens is 6. The molecule has 33 nitrogen and oxygen atoms in total. The molecule has 0 aliphatic carbocycles. The molecule has 3 aliphatic rings. The Morgan fingerprint density at radius 3 is 0.846 bits per heavy atom. The number of nitrogens with zero attached hydrogens (tertiary/aromatic N) is 3. The first-order chi connectivity index (χ1) is 54.0. The van der Waals surface area contributed by atoms with Gasteiger partial charge in [0.2, 0.25) is 0 Å². The summed E-state index contributed by atoms with van der Waals surface area (Å²) < 4.78 is 113. The lowest BCUT2D eigenvalue weighted by atomic mass is 9.96. The Bertz CT molecular complexity index is 4450. The Kier molecular flexibility index (Phi) is 33.7.